The van der Waals surface area contributed by atoms with E-state index in [1.165, 1.54) is 0 Å². The van der Waals surface area contributed by atoms with Crippen LogP contribution in [0.5, 0.6) is 0 Å². The van der Waals surface area contributed by atoms with Gasteiger partial charge >= 0.3 is 0 Å². The van der Waals surface area contributed by atoms with Crippen molar-refractivity contribution >= 4 is 0 Å². The first-order chi connectivity index (χ1) is 8.50. The third-order valence-corrected chi connectivity index (χ3v) is 1.92. The van der Waals surface area contributed by atoms with Gasteiger partial charge in [-0.05, 0) is 12.5 Å². The van der Waals surface area contributed by atoms with Crippen molar-refractivity contribution in [2.24, 2.45) is 0 Å². The van der Waals surface area contributed by atoms with Crippen molar-refractivity contribution in [2.45, 2.75) is 6.42 Å². The number of hydrogen-bond donors (Lipinski definition) is 0. The summed E-state index contributed by atoms with van der Waals surface area (Å²) in [5, 5.41) is 0. The largest absolute Gasteiger partial charge is 0.0801 e. The molecule has 0 spiro atoms. The van der Waals surface area contributed by atoms with Crippen LogP contribution in [0.25, 0.3) is 0 Å². The second-order valence-corrected chi connectivity index (χ2v) is 3.31. The average molecular weight is 221 g/mol. The summed E-state index contributed by atoms with van der Waals surface area (Å²) < 4.78 is 0. The molecule has 1 aliphatic rings. The minimum Gasteiger partial charge on any atom is -0.0801 e. The highest BCUT2D eigenvalue weighted by Gasteiger charge is 1.70. The van der Waals surface area contributed by atoms with E-state index in [1.807, 2.05) is 85.1 Å². The fraction of sp³-hybridized carbons (Fsp3) is 0.0588. The molecule has 1 radical (unpaired) electrons. The first-order valence-electron chi connectivity index (χ1n) is 5.72. The second-order valence-electron chi connectivity index (χ2n) is 3.31. The lowest BCUT2D eigenvalue weighted by atomic mass is 10.3. The molecule has 0 aromatic carbocycles. The number of hydrogen-bond acceptors (Lipinski definition) is 0. The van der Waals surface area contributed by atoms with Crippen LogP contribution in [0.2, 0.25) is 0 Å². The average Bonchev–Trinajstić information content (AvgIpc) is 2.35. The summed E-state index contributed by atoms with van der Waals surface area (Å²) in [6, 6.07) is 0. The fourth-order valence-electron chi connectivity index (χ4n) is 1.11. The summed E-state index contributed by atoms with van der Waals surface area (Å²) >= 11 is 0. The van der Waals surface area contributed by atoms with E-state index < -0.39 is 0 Å². The lowest BCUT2D eigenvalue weighted by Crippen LogP contribution is -1.58. The zero-order valence-electron chi connectivity index (χ0n) is 9.87. The third kappa shape index (κ3) is 8.88. The van der Waals surface area contributed by atoms with Crippen LogP contribution in [0.1, 0.15) is 6.42 Å². The van der Waals surface area contributed by atoms with Crippen molar-refractivity contribution in [3.8, 4) is 0 Å². The first-order valence-corrected chi connectivity index (χ1v) is 5.72. The van der Waals surface area contributed by atoms with Gasteiger partial charge in [-0.3, -0.25) is 0 Å². The van der Waals surface area contributed by atoms with E-state index in [0.29, 0.717) is 0 Å². The van der Waals surface area contributed by atoms with Gasteiger partial charge in [0.2, 0.25) is 0 Å². The summed E-state index contributed by atoms with van der Waals surface area (Å²) in [6.45, 7) is 0. The monoisotopic (exact) mass is 221 g/mol. The summed E-state index contributed by atoms with van der Waals surface area (Å²) in [7, 11) is 0. The molecule has 0 atom stereocenters. The Morgan fingerprint density at radius 2 is 0.882 bits per heavy atom. The molecule has 0 nitrogen and oxygen atoms in total. The normalized spacial score (nSPS) is 31.5. The molecule has 0 saturated heterocycles. The molecule has 0 unspecified atom stereocenters. The molecule has 0 aliphatic heterocycles. The van der Waals surface area contributed by atoms with Gasteiger partial charge in [0.25, 0.3) is 0 Å². The standard InChI is InChI=1S/C17H17/c1-2-4-6-8-10-12-14-16-17-15-13-11-9-7-5-3-1/h1-15H,16H2/b2-1+,5-3+,6-4-,9-7-,10-8+,13-11+,14-12+,17-15?. The van der Waals surface area contributed by atoms with Gasteiger partial charge in [-0.1, -0.05) is 91.1 Å². The van der Waals surface area contributed by atoms with E-state index in [2.05, 4.69) is 12.2 Å². The van der Waals surface area contributed by atoms with E-state index >= 15 is 0 Å². The van der Waals surface area contributed by atoms with Crippen LogP contribution >= 0.6 is 0 Å². The lowest BCUT2D eigenvalue weighted by molar-refractivity contribution is 1.34. The van der Waals surface area contributed by atoms with Gasteiger partial charge in [-0.25, -0.2) is 0 Å². The molecular weight excluding hydrogens is 204 g/mol. The van der Waals surface area contributed by atoms with Gasteiger partial charge in [0.1, 0.15) is 0 Å². The second kappa shape index (κ2) is 10.4. The zero-order valence-corrected chi connectivity index (χ0v) is 9.87. The van der Waals surface area contributed by atoms with Crippen molar-refractivity contribution in [2.75, 3.05) is 0 Å². The van der Waals surface area contributed by atoms with Crippen LogP contribution in [0.4, 0.5) is 0 Å². The molecule has 1 rings (SSSR count). The van der Waals surface area contributed by atoms with Gasteiger partial charge in [-0.15, -0.1) is 0 Å². The van der Waals surface area contributed by atoms with Crippen LogP contribution in [0.15, 0.2) is 91.1 Å². The molecule has 0 aromatic rings. The maximum absolute atomic E-state index is 3.16. The van der Waals surface area contributed by atoms with Gasteiger partial charge in [0.15, 0.2) is 0 Å². The molecule has 0 fully saturated rings. The van der Waals surface area contributed by atoms with Crippen molar-refractivity contribution in [1.29, 1.82) is 0 Å². The molecule has 85 valence electrons. The molecule has 17 heavy (non-hydrogen) atoms. The van der Waals surface area contributed by atoms with Crippen LogP contribution in [0.3, 0.4) is 0 Å². The molecule has 0 N–H and O–H groups in total. The van der Waals surface area contributed by atoms with E-state index in [9.17, 15) is 0 Å². The van der Waals surface area contributed by atoms with Gasteiger partial charge in [0.05, 0.1) is 0 Å². The van der Waals surface area contributed by atoms with Gasteiger partial charge in [-0.2, -0.15) is 0 Å². The molecule has 0 bridgehead atoms. The SMILES string of the molecule is [C]1=C/C=C/C=C\C=C\C=C\C=C/C=C/C=C/C/1. The third-order valence-electron chi connectivity index (χ3n) is 1.92. The van der Waals surface area contributed by atoms with Crippen LogP contribution in [0, 0.1) is 6.08 Å². The summed E-state index contributed by atoms with van der Waals surface area (Å²) in [4.78, 5) is 0. The lowest BCUT2D eigenvalue weighted by Gasteiger charge is -1.78. The number of allylic oxidation sites excluding steroid dienone is 16. The highest BCUT2D eigenvalue weighted by molar-refractivity contribution is 5.21. The van der Waals surface area contributed by atoms with E-state index in [0.717, 1.165) is 6.42 Å². The Balaban J connectivity index is 2.62. The Bertz CT molecular complexity index is 367. The van der Waals surface area contributed by atoms with Crippen molar-refractivity contribution < 1.29 is 0 Å². The maximum Gasteiger partial charge on any atom is -0.00915 e. The van der Waals surface area contributed by atoms with E-state index in [1.54, 1.807) is 0 Å². The highest BCUT2D eigenvalue weighted by atomic mass is 13.8. The van der Waals surface area contributed by atoms with E-state index in [-0.39, 0.29) is 0 Å². The number of rotatable bonds is 0. The van der Waals surface area contributed by atoms with Crippen molar-refractivity contribution in [3.63, 3.8) is 0 Å². The molecule has 1 aliphatic carbocycles. The van der Waals surface area contributed by atoms with Gasteiger partial charge < -0.3 is 0 Å². The predicted octanol–water partition coefficient (Wildman–Crippen LogP) is 4.64. The molecule has 0 aromatic heterocycles. The van der Waals surface area contributed by atoms with Crippen molar-refractivity contribution in [3.05, 3.63) is 97.2 Å². The predicted molar refractivity (Wildman–Crippen MR) is 76.4 cm³/mol. The fourth-order valence-corrected chi connectivity index (χ4v) is 1.11. The highest BCUT2D eigenvalue weighted by Crippen LogP contribution is 1.90. The summed E-state index contributed by atoms with van der Waals surface area (Å²) in [5.74, 6) is 0. The molecule has 0 saturated carbocycles. The van der Waals surface area contributed by atoms with Crippen LogP contribution in [-0.4, -0.2) is 0 Å². The van der Waals surface area contributed by atoms with Gasteiger partial charge in [0, 0.05) is 0 Å². The van der Waals surface area contributed by atoms with E-state index in [4.69, 9.17) is 0 Å². The quantitative estimate of drug-likeness (QED) is 0.559. The Morgan fingerprint density at radius 3 is 1.41 bits per heavy atom. The minimum atomic E-state index is 0.835. The summed E-state index contributed by atoms with van der Waals surface area (Å²) in [6.07, 6.45) is 34.0. The molecule has 0 amide bonds. The minimum absolute atomic E-state index is 0.835. The van der Waals surface area contributed by atoms with Crippen LogP contribution in [-0.2, 0) is 0 Å². The smallest absolute Gasteiger partial charge is 0.00915 e. The van der Waals surface area contributed by atoms with Crippen molar-refractivity contribution in [1.82, 2.24) is 0 Å². The summed E-state index contributed by atoms with van der Waals surface area (Å²) in [5.41, 5.74) is 0. The first kappa shape index (κ1) is 13.0. The molecule has 0 heteroatoms. The Kier molecular flexibility index (Phi) is 7.97. The Labute approximate surface area is 104 Å². The maximum atomic E-state index is 3.16. The molecule has 0 heterocycles. The molecular formula is C17H17. The zero-order chi connectivity index (χ0) is 12.0. The van der Waals surface area contributed by atoms with Crippen LogP contribution < -0.4 is 0 Å². The Morgan fingerprint density at radius 1 is 0.471 bits per heavy atom. The Hall–Kier alpha value is -2.08. The topological polar surface area (TPSA) is 0 Å².